The first-order valence-electron chi connectivity index (χ1n) is 3.85. The van der Waals surface area contributed by atoms with Gasteiger partial charge in [0.2, 0.25) is 0 Å². The Morgan fingerprint density at radius 1 is 0.923 bits per heavy atom. The summed E-state index contributed by atoms with van der Waals surface area (Å²) in [4.78, 5) is 0. The lowest BCUT2D eigenvalue weighted by atomic mass is 9.37. The fourth-order valence-electron chi connectivity index (χ4n) is 2.50. The lowest BCUT2D eigenvalue weighted by Crippen LogP contribution is -2.79. The summed E-state index contributed by atoms with van der Waals surface area (Å²) in [5.41, 5.74) is 2.81. The molecular weight excluding hydrogens is 193 g/mol. The summed E-state index contributed by atoms with van der Waals surface area (Å²) < 4.78 is 61.3. The van der Waals surface area contributed by atoms with Crippen LogP contribution < -0.4 is 5.73 Å². The quantitative estimate of drug-likeness (QED) is 0.645. The van der Waals surface area contributed by atoms with Crippen LogP contribution in [0.3, 0.4) is 0 Å². The van der Waals surface area contributed by atoms with Gasteiger partial charge >= 0.3 is 12.1 Å². The second kappa shape index (κ2) is 1.85. The molecule has 0 heterocycles. The molecular formula is C7H8F5N. The molecule has 0 saturated heterocycles. The number of alkyl halides is 5. The zero-order chi connectivity index (χ0) is 10.1. The molecule has 0 aromatic rings. The van der Waals surface area contributed by atoms with Crippen LogP contribution in [-0.2, 0) is 0 Å². The van der Waals surface area contributed by atoms with Gasteiger partial charge in [0.15, 0.2) is 0 Å². The summed E-state index contributed by atoms with van der Waals surface area (Å²) in [5, 5.41) is 0. The summed E-state index contributed by atoms with van der Waals surface area (Å²) in [6.45, 7) is 0. The van der Waals surface area contributed by atoms with Gasteiger partial charge in [0.1, 0.15) is 0 Å². The van der Waals surface area contributed by atoms with Gasteiger partial charge in [-0.25, -0.2) is 0 Å². The van der Waals surface area contributed by atoms with E-state index in [9.17, 15) is 22.0 Å². The van der Waals surface area contributed by atoms with Crippen LogP contribution in [0.2, 0.25) is 0 Å². The Labute approximate surface area is 71.1 Å². The summed E-state index contributed by atoms with van der Waals surface area (Å²) >= 11 is 0. The Morgan fingerprint density at radius 3 is 1.54 bits per heavy atom. The van der Waals surface area contributed by atoms with E-state index in [0.717, 1.165) is 0 Å². The molecule has 3 saturated carbocycles. The standard InChI is InChI=1S/C7H8F5N/c8-6(9,7(10,11)12)4-1-5(13,2-4)3-4/h1-3,13H2. The third-order valence-corrected chi connectivity index (χ3v) is 3.09. The van der Waals surface area contributed by atoms with Crippen molar-refractivity contribution in [2.75, 3.05) is 0 Å². The van der Waals surface area contributed by atoms with Gasteiger partial charge in [0, 0.05) is 11.0 Å². The van der Waals surface area contributed by atoms with Crippen molar-refractivity contribution in [3.63, 3.8) is 0 Å². The van der Waals surface area contributed by atoms with E-state index in [4.69, 9.17) is 5.73 Å². The summed E-state index contributed by atoms with van der Waals surface area (Å²) in [7, 11) is 0. The molecule has 0 unspecified atom stereocenters. The third-order valence-electron chi connectivity index (χ3n) is 3.09. The minimum Gasteiger partial charge on any atom is -0.325 e. The van der Waals surface area contributed by atoms with Crippen LogP contribution in [0.25, 0.3) is 0 Å². The summed E-state index contributed by atoms with van der Waals surface area (Å²) in [6, 6.07) is 0. The van der Waals surface area contributed by atoms with E-state index in [1.165, 1.54) is 0 Å². The molecule has 3 rings (SSSR count). The van der Waals surface area contributed by atoms with Gasteiger partial charge in [-0.05, 0) is 19.3 Å². The number of nitrogens with two attached hydrogens (primary N) is 1. The maximum Gasteiger partial charge on any atom is 0.453 e. The maximum atomic E-state index is 12.8. The molecule has 3 aliphatic carbocycles. The van der Waals surface area contributed by atoms with Gasteiger partial charge in [-0.3, -0.25) is 0 Å². The molecule has 76 valence electrons. The molecule has 3 fully saturated rings. The predicted octanol–water partition coefficient (Wildman–Crippen LogP) is 2.07. The van der Waals surface area contributed by atoms with Crippen LogP contribution in [0.5, 0.6) is 0 Å². The highest BCUT2D eigenvalue weighted by Crippen LogP contribution is 2.74. The minimum absolute atomic E-state index is 0.202. The van der Waals surface area contributed by atoms with Crippen molar-refractivity contribution in [1.29, 1.82) is 0 Å². The Kier molecular flexibility index (Phi) is 1.30. The van der Waals surface area contributed by atoms with E-state index >= 15 is 0 Å². The maximum absolute atomic E-state index is 12.8. The average Bonchev–Trinajstić information content (AvgIpc) is 1.75. The molecule has 0 aliphatic heterocycles. The molecule has 0 spiro atoms. The van der Waals surface area contributed by atoms with E-state index in [1.807, 2.05) is 0 Å². The van der Waals surface area contributed by atoms with Crippen LogP contribution >= 0.6 is 0 Å². The first-order chi connectivity index (χ1) is 5.62. The Hall–Kier alpha value is -0.390. The molecule has 6 heteroatoms. The zero-order valence-electron chi connectivity index (χ0n) is 6.59. The Bertz CT molecular complexity index is 236. The molecule has 1 nitrogen and oxygen atoms in total. The second-order valence-corrected chi connectivity index (χ2v) is 4.25. The van der Waals surface area contributed by atoms with E-state index in [2.05, 4.69) is 0 Å². The highest BCUT2D eigenvalue weighted by atomic mass is 19.4. The van der Waals surface area contributed by atoms with Gasteiger partial charge in [0.25, 0.3) is 0 Å². The van der Waals surface area contributed by atoms with Crippen LogP contribution in [0.1, 0.15) is 19.3 Å². The molecule has 0 atom stereocenters. The molecule has 0 aromatic carbocycles. The normalized spacial score (nSPS) is 43.8. The number of hydrogen-bond acceptors (Lipinski definition) is 1. The molecule has 0 amide bonds. The van der Waals surface area contributed by atoms with Crippen molar-refractivity contribution < 1.29 is 22.0 Å². The number of halogens is 5. The minimum atomic E-state index is -5.44. The second-order valence-electron chi connectivity index (χ2n) is 4.25. The zero-order valence-corrected chi connectivity index (χ0v) is 6.59. The lowest BCUT2D eigenvalue weighted by Gasteiger charge is -2.70. The molecule has 2 N–H and O–H groups in total. The van der Waals surface area contributed by atoms with E-state index in [0.29, 0.717) is 0 Å². The van der Waals surface area contributed by atoms with Gasteiger partial charge < -0.3 is 5.73 Å². The monoisotopic (exact) mass is 201 g/mol. The summed E-state index contributed by atoms with van der Waals surface area (Å²) in [5.74, 6) is -4.57. The molecule has 0 radical (unpaired) electrons. The fourth-order valence-corrected chi connectivity index (χ4v) is 2.50. The van der Waals surface area contributed by atoms with E-state index in [-0.39, 0.29) is 19.3 Å². The third kappa shape index (κ3) is 0.846. The first kappa shape index (κ1) is 9.18. The largest absolute Gasteiger partial charge is 0.453 e. The van der Waals surface area contributed by atoms with Crippen molar-refractivity contribution in [2.24, 2.45) is 11.1 Å². The number of hydrogen-bond donors (Lipinski definition) is 1. The van der Waals surface area contributed by atoms with Gasteiger partial charge in [-0.15, -0.1) is 0 Å². The van der Waals surface area contributed by atoms with Gasteiger partial charge in [0.05, 0.1) is 0 Å². The molecule has 0 aromatic heterocycles. The lowest BCUT2D eigenvalue weighted by molar-refractivity contribution is -0.384. The van der Waals surface area contributed by atoms with Crippen LogP contribution in [0.4, 0.5) is 22.0 Å². The first-order valence-corrected chi connectivity index (χ1v) is 3.85. The van der Waals surface area contributed by atoms with Gasteiger partial charge in [-0.2, -0.15) is 22.0 Å². The van der Waals surface area contributed by atoms with Crippen molar-refractivity contribution in [2.45, 2.75) is 36.9 Å². The van der Waals surface area contributed by atoms with Crippen LogP contribution in [0, 0.1) is 5.41 Å². The van der Waals surface area contributed by atoms with Crippen molar-refractivity contribution >= 4 is 0 Å². The Morgan fingerprint density at radius 2 is 1.31 bits per heavy atom. The fraction of sp³-hybridized carbons (Fsp3) is 1.00. The highest BCUT2D eigenvalue weighted by Gasteiger charge is 2.82. The van der Waals surface area contributed by atoms with Crippen LogP contribution in [-0.4, -0.2) is 17.6 Å². The number of rotatable bonds is 1. The Balaban J connectivity index is 2.19. The SMILES string of the molecule is NC12CC(C(F)(F)C(F)(F)F)(C1)C2. The topological polar surface area (TPSA) is 26.0 Å². The highest BCUT2D eigenvalue weighted by molar-refractivity contribution is 5.26. The molecule has 13 heavy (non-hydrogen) atoms. The molecule has 2 bridgehead atoms. The van der Waals surface area contributed by atoms with Crippen LogP contribution in [0.15, 0.2) is 0 Å². The van der Waals surface area contributed by atoms with Crippen molar-refractivity contribution in [3.05, 3.63) is 0 Å². The van der Waals surface area contributed by atoms with Gasteiger partial charge in [-0.1, -0.05) is 0 Å². The average molecular weight is 201 g/mol. The smallest absolute Gasteiger partial charge is 0.325 e. The predicted molar refractivity (Wildman–Crippen MR) is 34.2 cm³/mol. The summed E-state index contributed by atoms with van der Waals surface area (Å²) in [6.07, 6.45) is -6.04. The van der Waals surface area contributed by atoms with E-state index in [1.54, 1.807) is 0 Å². The van der Waals surface area contributed by atoms with E-state index < -0.39 is 23.1 Å². The van der Waals surface area contributed by atoms with Crippen molar-refractivity contribution in [3.8, 4) is 0 Å². The molecule has 3 aliphatic rings. The van der Waals surface area contributed by atoms with Crippen molar-refractivity contribution in [1.82, 2.24) is 0 Å².